The molecule has 0 radical (unpaired) electrons. The summed E-state index contributed by atoms with van der Waals surface area (Å²) < 4.78 is 9.78. The van der Waals surface area contributed by atoms with Gasteiger partial charge in [-0.05, 0) is 19.1 Å². The quantitative estimate of drug-likeness (QED) is 0.599. The standard InChI is InChI=1S/C11H11ClO4/c1-7(11(14)15-2)16-9-5-3-4-8(6-13)10(9)12/h3-7H,1-2H3/t7-/m1/s1. The van der Waals surface area contributed by atoms with Crippen molar-refractivity contribution >= 4 is 23.9 Å². The molecule has 4 nitrogen and oxygen atoms in total. The minimum atomic E-state index is -0.774. The van der Waals surface area contributed by atoms with Crippen LogP contribution in [0.2, 0.25) is 5.02 Å². The van der Waals surface area contributed by atoms with Crippen LogP contribution in [0, 0.1) is 0 Å². The number of hydrogen-bond acceptors (Lipinski definition) is 4. The average Bonchev–Trinajstić information content (AvgIpc) is 2.30. The number of benzene rings is 1. The normalized spacial score (nSPS) is 11.7. The van der Waals surface area contributed by atoms with Gasteiger partial charge in [0, 0.05) is 5.56 Å². The molecule has 0 aliphatic carbocycles. The van der Waals surface area contributed by atoms with Crippen molar-refractivity contribution in [2.24, 2.45) is 0 Å². The van der Waals surface area contributed by atoms with Gasteiger partial charge in [0.1, 0.15) is 5.75 Å². The average molecular weight is 243 g/mol. The van der Waals surface area contributed by atoms with E-state index >= 15 is 0 Å². The molecular weight excluding hydrogens is 232 g/mol. The summed E-state index contributed by atoms with van der Waals surface area (Å²) >= 11 is 5.89. The third-order valence-corrected chi connectivity index (χ3v) is 2.36. The molecule has 0 spiro atoms. The molecule has 0 saturated carbocycles. The first-order valence-corrected chi connectivity index (χ1v) is 4.96. The first-order valence-electron chi connectivity index (χ1n) is 4.58. The summed E-state index contributed by atoms with van der Waals surface area (Å²) in [5.74, 6) is -0.225. The Labute approximate surface area is 98.1 Å². The molecule has 0 bridgehead atoms. The maximum Gasteiger partial charge on any atom is 0.346 e. The Hall–Kier alpha value is -1.55. The molecule has 0 fully saturated rings. The van der Waals surface area contributed by atoms with Crippen LogP contribution in [-0.2, 0) is 9.53 Å². The SMILES string of the molecule is COC(=O)[C@@H](C)Oc1cccc(C=O)c1Cl. The lowest BCUT2D eigenvalue weighted by Crippen LogP contribution is -2.25. The third kappa shape index (κ3) is 2.73. The number of hydrogen-bond donors (Lipinski definition) is 0. The van der Waals surface area contributed by atoms with Crippen LogP contribution in [0.4, 0.5) is 0 Å². The van der Waals surface area contributed by atoms with E-state index in [1.807, 2.05) is 0 Å². The Balaban J connectivity index is 2.89. The first kappa shape index (κ1) is 12.5. The zero-order valence-corrected chi connectivity index (χ0v) is 9.65. The summed E-state index contributed by atoms with van der Waals surface area (Å²) in [5, 5.41) is 0.188. The second-order valence-corrected chi connectivity index (χ2v) is 3.44. The van der Waals surface area contributed by atoms with Crippen LogP contribution in [0.15, 0.2) is 18.2 Å². The topological polar surface area (TPSA) is 52.6 Å². The highest BCUT2D eigenvalue weighted by Crippen LogP contribution is 2.27. The summed E-state index contributed by atoms with van der Waals surface area (Å²) in [6.07, 6.45) is -0.151. The van der Waals surface area contributed by atoms with Gasteiger partial charge in [-0.25, -0.2) is 4.79 Å². The van der Waals surface area contributed by atoms with Crippen LogP contribution >= 0.6 is 11.6 Å². The van der Waals surface area contributed by atoms with Crippen molar-refractivity contribution in [2.75, 3.05) is 7.11 Å². The van der Waals surface area contributed by atoms with E-state index in [0.717, 1.165) is 0 Å². The Morgan fingerprint density at radius 1 is 1.50 bits per heavy atom. The van der Waals surface area contributed by atoms with Crippen molar-refractivity contribution in [1.82, 2.24) is 0 Å². The predicted molar refractivity (Wildman–Crippen MR) is 58.9 cm³/mol. The summed E-state index contributed by atoms with van der Waals surface area (Å²) in [6.45, 7) is 1.54. The smallest absolute Gasteiger partial charge is 0.346 e. The highest BCUT2D eigenvalue weighted by Gasteiger charge is 2.17. The van der Waals surface area contributed by atoms with Crippen LogP contribution in [0.5, 0.6) is 5.75 Å². The highest BCUT2D eigenvalue weighted by molar-refractivity contribution is 6.34. The Morgan fingerprint density at radius 2 is 2.19 bits per heavy atom. The van der Waals surface area contributed by atoms with Gasteiger partial charge in [0.25, 0.3) is 0 Å². The molecule has 0 N–H and O–H groups in total. The van der Waals surface area contributed by atoms with Crippen molar-refractivity contribution in [3.05, 3.63) is 28.8 Å². The summed E-state index contributed by atoms with van der Waals surface area (Å²) in [6, 6.07) is 4.76. The number of carbonyl (C=O) groups is 2. The van der Waals surface area contributed by atoms with Crippen LogP contribution in [0.1, 0.15) is 17.3 Å². The predicted octanol–water partition coefficient (Wildman–Crippen LogP) is 2.09. The van der Waals surface area contributed by atoms with Crippen LogP contribution in [-0.4, -0.2) is 25.5 Å². The number of ether oxygens (including phenoxy) is 2. The largest absolute Gasteiger partial charge is 0.477 e. The Bertz CT molecular complexity index is 403. The van der Waals surface area contributed by atoms with E-state index in [-0.39, 0.29) is 10.8 Å². The fraction of sp³-hybridized carbons (Fsp3) is 0.273. The van der Waals surface area contributed by atoms with E-state index in [1.54, 1.807) is 18.2 Å². The number of carbonyl (C=O) groups excluding carboxylic acids is 2. The molecule has 0 amide bonds. The maximum absolute atomic E-state index is 11.1. The van der Waals surface area contributed by atoms with Gasteiger partial charge in [-0.1, -0.05) is 17.7 Å². The molecule has 86 valence electrons. The minimum Gasteiger partial charge on any atom is -0.477 e. The molecule has 5 heteroatoms. The molecule has 1 atom stereocenters. The summed E-state index contributed by atoms with van der Waals surface area (Å²) in [4.78, 5) is 21.7. The van der Waals surface area contributed by atoms with Crippen LogP contribution < -0.4 is 4.74 Å². The van der Waals surface area contributed by atoms with Gasteiger partial charge in [-0.3, -0.25) is 4.79 Å². The monoisotopic (exact) mass is 242 g/mol. The molecule has 0 aliphatic rings. The zero-order valence-electron chi connectivity index (χ0n) is 8.90. The van der Waals surface area contributed by atoms with Gasteiger partial charge in [-0.15, -0.1) is 0 Å². The molecule has 0 aromatic heterocycles. The lowest BCUT2D eigenvalue weighted by Gasteiger charge is -2.13. The van der Waals surface area contributed by atoms with Crippen LogP contribution in [0.25, 0.3) is 0 Å². The molecule has 0 saturated heterocycles. The van der Waals surface area contributed by atoms with E-state index in [0.29, 0.717) is 11.8 Å². The molecule has 0 aliphatic heterocycles. The lowest BCUT2D eigenvalue weighted by atomic mass is 10.2. The zero-order chi connectivity index (χ0) is 12.1. The Morgan fingerprint density at radius 3 is 2.75 bits per heavy atom. The molecular formula is C11H11ClO4. The van der Waals surface area contributed by atoms with Crippen molar-refractivity contribution in [3.8, 4) is 5.75 Å². The number of aldehydes is 1. The van der Waals surface area contributed by atoms with Gasteiger partial charge < -0.3 is 9.47 Å². The van der Waals surface area contributed by atoms with E-state index in [2.05, 4.69) is 4.74 Å². The molecule has 0 unspecified atom stereocenters. The number of rotatable bonds is 4. The number of esters is 1. The van der Waals surface area contributed by atoms with Gasteiger partial charge >= 0.3 is 5.97 Å². The van der Waals surface area contributed by atoms with Gasteiger partial charge in [0.05, 0.1) is 12.1 Å². The Kier molecular flexibility index (Phi) is 4.31. The number of methoxy groups -OCH3 is 1. The summed E-state index contributed by atoms with van der Waals surface area (Å²) in [5.41, 5.74) is 0.316. The van der Waals surface area contributed by atoms with Crippen molar-refractivity contribution in [3.63, 3.8) is 0 Å². The van der Waals surface area contributed by atoms with Gasteiger partial charge in [0.15, 0.2) is 12.4 Å². The van der Waals surface area contributed by atoms with Gasteiger partial charge in [0.2, 0.25) is 0 Å². The van der Waals surface area contributed by atoms with E-state index < -0.39 is 12.1 Å². The van der Waals surface area contributed by atoms with E-state index in [9.17, 15) is 9.59 Å². The molecule has 0 heterocycles. The second kappa shape index (κ2) is 5.51. The number of halogens is 1. The maximum atomic E-state index is 11.1. The van der Waals surface area contributed by atoms with Crippen molar-refractivity contribution in [2.45, 2.75) is 13.0 Å². The molecule has 1 aromatic carbocycles. The molecule has 1 rings (SSSR count). The third-order valence-electron chi connectivity index (χ3n) is 1.96. The van der Waals surface area contributed by atoms with Crippen molar-refractivity contribution in [1.29, 1.82) is 0 Å². The van der Waals surface area contributed by atoms with Gasteiger partial charge in [-0.2, -0.15) is 0 Å². The highest BCUT2D eigenvalue weighted by atomic mass is 35.5. The second-order valence-electron chi connectivity index (χ2n) is 3.06. The first-order chi connectivity index (χ1) is 7.60. The fourth-order valence-corrected chi connectivity index (χ4v) is 1.33. The molecule has 16 heavy (non-hydrogen) atoms. The van der Waals surface area contributed by atoms with E-state index in [1.165, 1.54) is 14.0 Å². The minimum absolute atomic E-state index is 0.188. The van der Waals surface area contributed by atoms with E-state index in [4.69, 9.17) is 16.3 Å². The van der Waals surface area contributed by atoms with Crippen LogP contribution in [0.3, 0.4) is 0 Å². The van der Waals surface area contributed by atoms with Crippen molar-refractivity contribution < 1.29 is 19.1 Å². The molecule has 1 aromatic rings. The lowest BCUT2D eigenvalue weighted by molar-refractivity contribution is -0.147. The summed E-state index contributed by atoms with van der Waals surface area (Å²) in [7, 11) is 1.27. The fourth-order valence-electron chi connectivity index (χ4n) is 1.11.